The van der Waals surface area contributed by atoms with Gasteiger partial charge in [0.2, 0.25) is 0 Å². The SMILES string of the molecule is COc1c(C#N)cc(-c2ccccc2C)c(F)c1I. The number of nitriles is 1. The predicted octanol–water partition coefficient (Wildman–Crippen LogP) is 4.29. The van der Waals surface area contributed by atoms with Crippen LogP contribution >= 0.6 is 22.6 Å². The molecule has 0 heterocycles. The Morgan fingerprint density at radius 1 is 1.26 bits per heavy atom. The number of benzene rings is 2. The Kier molecular flexibility index (Phi) is 4.05. The smallest absolute Gasteiger partial charge is 0.152 e. The first kappa shape index (κ1) is 13.8. The van der Waals surface area contributed by atoms with Crippen molar-refractivity contribution in [2.24, 2.45) is 0 Å². The van der Waals surface area contributed by atoms with Gasteiger partial charge in [-0.1, -0.05) is 24.3 Å². The summed E-state index contributed by atoms with van der Waals surface area (Å²) in [5, 5.41) is 9.15. The first-order valence-corrected chi connectivity index (χ1v) is 6.70. The van der Waals surface area contributed by atoms with Crippen molar-refractivity contribution >= 4 is 22.6 Å². The van der Waals surface area contributed by atoms with Gasteiger partial charge in [-0.2, -0.15) is 5.26 Å². The van der Waals surface area contributed by atoms with Crippen LogP contribution in [0.4, 0.5) is 4.39 Å². The quantitative estimate of drug-likeness (QED) is 0.743. The molecule has 0 radical (unpaired) electrons. The van der Waals surface area contributed by atoms with Crippen molar-refractivity contribution in [2.75, 3.05) is 7.11 Å². The van der Waals surface area contributed by atoms with Crippen molar-refractivity contribution in [1.82, 2.24) is 0 Å². The topological polar surface area (TPSA) is 33.0 Å². The van der Waals surface area contributed by atoms with Crippen LogP contribution in [0.25, 0.3) is 11.1 Å². The van der Waals surface area contributed by atoms with Gasteiger partial charge in [0.05, 0.1) is 16.2 Å². The lowest BCUT2D eigenvalue weighted by Gasteiger charge is -2.12. The van der Waals surface area contributed by atoms with E-state index < -0.39 is 0 Å². The summed E-state index contributed by atoms with van der Waals surface area (Å²) in [7, 11) is 1.44. The van der Waals surface area contributed by atoms with E-state index in [-0.39, 0.29) is 11.6 Å². The number of aryl methyl sites for hydroxylation is 1. The van der Waals surface area contributed by atoms with Crippen molar-refractivity contribution < 1.29 is 9.13 Å². The van der Waals surface area contributed by atoms with Gasteiger partial charge in [0, 0.05) is 5.56 Å². The molecule has 0 aliphatic heterocycles. The van der Waals surface area contributed by atoms with E-state index in [2.05, 4.69) is 0 Å². The molecule has 0 spiro atoms. The van der Waals surface area contributed by atoms with Crippen LogP contribution < -0.4 is 4.74 Å². The van der Waals surface area contributed by atoms with Crippen LogP contribution in [0.2, 0.25) is 0 Å². The summed E-state index contributed by atoms with van der Waals surface area (Å²) in [6, 6.07) is 11.1. The summed E-state index contributed by atoms with van der Waals surface area (Å²) in [4.78, 5) is 0. The van der Waals surface area contributed by atoms with Gasteiger partial charge in [-0.05, 0) is 46.7 Å². The highest BCUT2D eigenvalue weighted by atomic mass is 127. The summed E-state index contributed by atoms with van der Waals surface area (Å²) < 4.78 is 19.9. The van der Waals surface area contributed by atoms with Gasteiger partial charge in [-0.3, -0.25) is 0 Å². The zero-order chi connectivity index (χ0) is 14.0. The molecule has 2 rings (SSSR count). The lowest BCUT2D eigenvalue weighted by molar-refractivity contribution is 0.406. The van der Waals surface area contributed by atoms with Gasteiger partial charge in [0.25, 0.3) is 0 Å². The van der Waals surface area contributed by atoms with Gasteiger partial charge in [0.15, 0.2) is 5.75 Å². The zero-order valence-corrected chi connectivity index (χ0v) is 12.7. The molecule has 0 saturated carbocycles. The van der Waals surface area contributed by atoms with Crippen LogP contribution in [-0.2, 0) is 0 Å². The minimum atomic E-state index is -0.356. The summed E-state index contributed by atoms with van der Waals surface area (Å²) in [6.07, 6.45) is 0. The minimum Gasteiger partial charge on any atom is -0.494 e. The van der Waals surface area contributed by atoms with Gasteiger partial charge in [-0.25, -0.2) is 4.39 Å². The highest BCUT2D eigenvalue weighted by Crippen LogP contribution is 2.36. The molecule has 2 aromatic carbocycles. The Balaban J connectivity index is 2.77. The fourth-order valence-corrected chi connectivity index (χ4v) is 2.76. The number of methoxy groups -OCH3 is 1. The lowest BCUT2D eigenvalue weighted by atomic mass is 9.98. The molecule has 0 aliphatic rings. The molecule has 0 fully saturated rings. The third-order valence-corrected chi connectivity index (χ3v) is 3.89. The van der Waals surface area contributed by atoms with Crippen molar-refractivity contribution in [2.45, 2.75) is 6.92 Å². The maximum atomic E-state index is 14.4. The summed E-state index contributed by atoms with van der Waals surface area (Å²) >= 11 is 1.87. The second-order valence-corrected chi connectivity index (χ2v) is 5.14. The predicted molar refractivity (Wildman–Crippen MR) is 80.6 cm³/mol. The second-order valence-electron chi connectivity index (χ2n) is 4.06. The van der Waals surface area contributed by atoms with E-state index in [0.29, 0.717) is 14.7 Å². The molecule has 0 unspecified atom stereocenters. The average molecular weight is 367 g/mol. The fourth-order valence-electron chi connectivity index (χ4n) is 1.96. The lowest BCUT2D eigenvalue weighted by Crippen LogP contribution is -1.98. The third-order valence-electron chi connectivity index (χ3n) is 2.92. The van der Waals surface area contributed by atoms with E-state index in [0.717, 1.165) is 11.1 Å². The van der Waals surface area contributed by atoms with Crippen LogP contribution in [0.3, 0.4) is 0 Å². The normalized spacial score (nSPS) is 10.1. The van der Waals surface area contributed by atoms with Crippen molar-refractivity contribution in [3.8, 4) is 22.9 Å². The summed E-state index contributed by atoms with van der Waals surface area (Å²) in [5.41, 5.74) is 2.52. The van der Waals surface area contributed by atoms with E-state index in [1.807, 2.05) is 59.8 Å². The van der Waals surface area contributed by atoms with Crippen molar-refractivity contribution in [1.29, 1.82) is 5.26 Å². The largest absolute Gasteiger partial charge is 0.494 e. The zero-order valence-electron chi connectivity index (χ0n) is 10.5. The maximum Gasteiger partial charge on any atom is 0.152 e. The van der Waals surface area contributed by atoms with Crippen LogP contribution in [0.15, 0.2) is 30.3 Å². The molecule has 0 aliphatic carbocycles. The van der Waals surface area contributed by atoms with E-state index in [9.17, 15) is 4.39 Å². The van der Waals surface area contributed by atoms with Crippen LogP contribution in [0.5, 0.6) is 5.75 Å². The average Bonchev–Trinajstić information content (AvgIpc) is 2.42. The Bertz CT molecular complexity index is 677. The number of halogens is 2. The molecular weight excluding hydrogens is 356 g/mol. The van der Waals surface area contributed by atoms with Crippen molar-refractivity contribution in [3.05, 3.63) is 50.8 Å². The summed E-state index contributed by atoms with van der Waals surface area (Å²) in [6.45, 7) is 1.91. The van der Waals surface area contributed by atoms with E-state index in [4.69, 9.17) is 10.00 Å². The maximum absolute atomic E-state index is 14.4. The van der Waals surface area contributed by atoms with Crippen LogP contribution in [0, 0.1) is 27.6 Å². The molecular formula is C15H11FINO. The number of hydrogen-bond donors (Lipinski definition) is 0. The molecule has 19 heavy (non-hydrogen) atoms. The monoisotopic (exact) mass is 367 g/mol. The molecule has 0 bridgehead atoms. The van der Waals surface area contributed by atoms with E-state index in [1.165, 1.54) is 7.11 Å². The first-order chi connectivity index (χ1) is 9.10. The number of hydrogen-bond acceptors (Lipinski definition) is 2. The molecule has 0 saturated heterocycles. The van der Waals surface area contributed by atoms with Gasteiger partial charge >= 0.3 is 0 Å². The number of rotatable bonds is 2. The molecule has 0 atom stereocenters. The Morgan fingerprint density at radius 3 is 2.53 bits per heavy atom. The molecule has 0 amide bonds. The van der Waals surface area contributed by atoms with Crippen molar-refractivity contribution in [3.63, 3.8) is 0 Å². The van der Waals surface area contributed by atoms with Gasteiger partial charge in [0.1, 0.15) is 11.9 Å². The minimum absolute atomic E-state index is 0.290. The van der Waals surface area contributed by atoms with Gasteiger partial charge in [-0.15, -0.1) is 0 Å². The summed E-state index contributed by atoms with van der Waals surface area (Å²) in [5.74, 6) is -0.0660. The molecule has 4 heteroatoms. The first-order valence-electron chi connectivity index (χ1n) is 5.62. The highest BCUT2D eigenvalue weighted by molar-refractivity contribution is 14.1. The standard InChI is InChI=1S/C15H11FINO/c1-9-5-3-4-6-11(9)12-7-10(8-18)15(19-2)14(17)13(12)16/h3-7H,1-2H3. The molecule has 0 N–H and O–H groups in total. The van der Waals surface area contributed by atoms with Crippen LogP contribution in [-0.4, -0.2) is 7.11 Å². The third kappa shape index (κ3) is 2.43. The Labute approximate surface area is 125 Å². The van der Waals surface area contributed by atoms with E-state index >= 15 is 0 Å². The molecule has 2 nitrogen and oxygen atoms in total. The highest BCUT2D eigenvalue weighted by Gasteiger charge is 2.18. The Hall–Kier alpha value is -1.61. The molecule has 2 aromatic rings. The fraction of sp³-hybridized carbons (Fsp3) is 0.133. The van der Waals surface area contributed by atoms with Crippen LogP contribution in [0.1, 0.15) is 11.1 Å². The number of nitrogens with zero attached hydrogens (tertiary/aromatic N) is 1. The van der Waals surface area contributed by atoms with Gasteiger partial charge < -0.3 is 4.74 Å². The second kappa shape index (κ2) is 5.57. The molecule has 96 valence electrons. The molecule has 0 aromatic heterocycles. The Morgan fingerprint density at radius 2 is 1.95 bits per heavy atom. The number of ether oxygens (including phenoxy) is 1. The van der Waals surface area contributed by atoms with E-state index in [1.54, 1.807) is 6.07 Å².